The van der Waals surface area contributed by atoms with Crippen molar-refractivity contribution in [2.24, 2.45) is 0 Å². The molecule has 112 valence electrons. The van der Waals surface area contributed by atoms with Gasteiger partial charge in [-0.1, -0.05) is 12.1 Å². The van der Waals surface area contributed by atoms with Crippen LogP contribution in [0.15, 0.2) is 18.2 Å². The minimum atomic E-state index is -0.394. The molecule has 0 saturated carbocycles. The van der Waals surface area contributed by atoms with Gasteiger partial charge in [0.15, 0.2) is 0 Å². The molecule has 2 rings (SSSR count). The standard InChI is InChI=1S/C15H18N2O4/c1-21-15(20)7-6-13(18)16-9-10-2-4-12-11(8-10)3-5-14(19)17-12/h2,4,8H,3,5-7,9H2,1H3,(H,16,18)(H,17,19). The molecule has 2 N–H and O–H groups in total. The van der Waals surface area contributed by atoms with Crippen molar-refractivity contribution in [1.29, 1.82) is 0 Å². The van der Waals surface area contributed by atoms with Gasteiger partial charge in [0.2, 0.25) is 11.8 Å². The van der Waals surface area contributed by atoms with E-state index >= 15 is 0 Å². The summed E-state index contributed by atoms with van der Waals surface area (Å²) in [5.41, 5.74) is 2.89. The number of hydrogen-bond donors (Lipinski definition) is 2. The monoisotopic (exact) mass is 290 g/mol. The third kappa shape index (κ3) is 4.30. The van der Waals surface area contributed by atoms with Crippen LogP contribution in [0.1, 0.15) is 30.4 Å². The first kappa shape index (κ1) is 15.0. The summed E-state index contributed by atoms with van der Waals surface area (Å²) < 4.78 is 4.48. The maximum Gasteiger partial charge on any atom is 0.306 e. The van der Waals surface area contributed by atoms with Crippen LogP contribution >= 0.6 is 0 Å². The Morgan fingerprint density at radius 1 is 1.29 bits per heavy atom. The molecule has 1 aromatic rings. The van der Waals surface area contributed by atoms with Crippen LogP contribution in [0.5, 0.6) is 0 Å². The fourth-order valence-corrected chi connectivity index (χ4v) is 2.15. The summed E-state index contributed by atoms with van der Waals surface area (Å²) >= 11 is 0. The second-order valence-electron chi connectivity index (χ2n) is 4.89. The van der Waals surface area contributed by atoms with E-state index in [0.717, 1.165) is 16.8 Å². The quantitative estimate of drug-likeness (QED) is 0.796. The van der Waals surface area contributed by atoms with Crippen LogP contribution in [0.4, 0.5) is 5.69 Å². The second kappa shape index (κ2) is 6.88. The predicted octanol–water partition coefficient (Wildman–Crippen LogP) is 1.14. The molecule has 1 heterocycles. The van der Waals surface area contributed by atoms with Crippen LogP contribution in [0.3, 0.4) is 0 Å². The van der Waals surface area contributed by atoms with Crippen molar-refractivity contribution in [3.63, 3.8) is 0 Å². The third-order valence-electron chi connectivity index (χ3n) is 3.34. The van der Waals surface area contributed by atoms with Gasteiger partial charge in [-0.25, -0.2) is 0 Å². The van der Waals surface area contributed by atoms with Gasteiger partial charge in [-0.3, -0.25) is 14.4 Å². The Bertz CT molecular complexity index is 569. The molecule has 1 aromatic carbocycles. The number of hydrogen-bond acceptors (Lipinski definition) is 4. The van der Waals surface area contributed by atoms with Crippen molar-refractivity contribution in [2.45, 2.75) is 32.2 Å². The molecule has 6 heteroatoms. The predicted molar refractivity (Wildman–Crippen MR) is 76.5 cm³/mol. The summed E-state index contributed by atoms with van der Waals surface area (Å²) in [5, 5.41) is 5.57. The number of esters is 1. The van der Waals surface area contributed by atoms with Crippen molar-refractivity contribution < 1.29 is 19.1 Å². The highest BCUT2D eigenvalue weighted by Crippen LogP contribution is 2.23. The van der Waals surface area contributed by atoms with E-state index in [4.69, 9.17) is 0 Å². The van der Waals surface area contributed by atoms with Crippen LogP contribution in [0.2, 0.25) is 0 Å². The Labute approximate surface area is 122 Å². The molecule has 2 amide bonds. The molecule has 1 aliphatic heterocycles. The maximum absolute atomic E-state index is 11.6. The van der Waals surface area contributed by atoms with Gasteiger partial charge < -0.3 is 15.4 Å². The Balaban J connectivity index is 1.85. The first-order valence-electron chi connectivity index (χ1n) is 6.83. The van der Waals surface area contributed by atoms with Gasteiger partial charge in [-0.15, -0.1) is 0 Å². The van der Waals surface area contributed by atoms with Crippen LogP contribution < -0.4 is 10.6 Å². The SMILES string of the molecule is COC(=O)CCC(=O)NCc1ccc2c(c1)CCC(=O)N2. The third-order valence-corrected chi connectivity index (χ3v) is 3.34. The number of amides is 2. The van der Waals surface area contributed by atoms with Gasteiger partial charge in [0.1, 0.15) is 0 Å². The summed E-state index contributed by atoms with van der Waals surface area (Å²) in [6.45, 7) is 0.404. The number of carbonyl (C=O) groups is 3. The first-order chi connectivity index (χ1) is 10.1. The summed E-state index contributed by atoms with van der Waals surface area (Å²) in [4.78, 5) is 33.8. The van der Waals surface area contributed by atoms with Crippen LogP contribution in [-0.4, -0.2) is 24.9 Å². The number of methoxy groups -OCH3 is 1. The van der Waals surface area contributed by atoms with Crippen molar-refractivity contribution in [3.05, 3.63) is 29.3 Å². The fourth-order valence-electron chi connectivity index (χ4n) is 2.15. The van der Waals surface area contributed by atoms with Crippen LogP contribution in [0, 0.1) is 0 Å². The van der Waals surface area contributed by atoms with E-state index in [9.17, 15) is 14.4 Å². The molecule has 0 fully saturated rings. The van der Waals surface area contributed by atoms with Crippen molar-refractivity contribution in [2.75, 3.05) is 12.4 Å². The molecular formula is C15H18N2O4. The number of fused-ring (bicyclic) bond motifs is 1. The van der Waals surface area contributed by atoms with Crippen molar-refractivity contribution in [1.82, 2.24) is 5.32 Å². The molecule has 0 unspecified atom stereocenters. The molecule has 0 atom stereocenters. The summed E-state index contributed by atoms with van der Waals surface area (Å²) in [7, 11) is 1.30. The summed E-state index contributed by atoms with van der Waals surface area (Å²) in [5.74, 6) is -0.549. The average molecular weight is 290 g/mol. The Morgan fingerprint density at radius 2 is 2.10 bits per heavy atom. The van der Waals surface area contributed by atoms with Gasteiger partial charge in [0.25, 0.3) is 0 Å². The normalized spacial score (nSPS) is 13.1. The topological polar surface area (TPSA) is 84.5 Å². The Kier molecular flexibility index (Phi) is 4.92. The number of rotatable bonds is 5. The Morgan fingerprint density at radius 3 is 2.86 bits per heavy atom. The fraction of sp³-hybridized carbons (Fsp3) is 0.400. The smallest absolute Gasteiger partial charge is 0.306 e. The lowest BCUT2D eigenvalue weighted by Gasteiger charge is -2.17. The molecule has 0 spiro atoms. The molecule has 21 heavy (non-hydrogen) atoms. The summed E-state index contributed by atoms with van der Waals surface area (Å²) in [6.07, 6.45) is 1.40. The van der Waals surface area contributed by atoms with E-state index in [1.165, 1.54) is 7.11 Å². The van der Waals surface area contributed by atoms with E-state index in [-0.39, 0.29) is 24.7 Å². The van der Waals surface area contributed by atoms with Crippen molar-refractivity contribution in [3.8, 4) is 0 Å². The largest absolute Gasteiger partial charge is 0.469 e. The zero-order valence-electron chi connectivity index (χ0n) is 11.9. The van der Waals surface area contributed by atoms with E-state index in [1.54, 1.807) is 0 Å². The molecule has 6 nitrogen and oxygen atoms in total. The lowest BCUT2D eigenvalue weighted by molar-refractivity contribution is -0.142. The lowest BCUT2D eigenvalue weighted by Crippen LogP contribution is -2.24. The van der Waals surface area contributed by atoms with E-state index in [2.05, 4.69) is 15.4 Å². The molecule has 1 aliphatic rings. The molecular weight excluding hydrogens is 272 g/mol. The minimum Gasteiger partial charge on any atom is -0.469 e. The average Bonchev–Trinajstić information content (AvgIpc) is 2.50. The summed E-state index contributed by atoms with van der Waals surface area (Å²) in [6, 6.07) is 5.70. The molecule has 0 radical (unpaired) electrons. The van der Waals surface area contributed by atoms with Crippen LogP contribution in [-0.2, 0) is 32.1 Å². The van der Waals surface area contributed by atoms with Crippen molar-refractivity contribution >= 4 is 23.5 Å². The highest BCUT2D eigenvalue weighted by Gasteiger charge is 2.14. The first-order valence-corrected chi connectivity index (χ1v) is 6.83. The highest BCUT2D eigenvalue weighted by molar-refractivity contribution is 5.93. The molecule has 0 bridgehead atoms. The van der Waals surface area contributed by atoms with E-state index in [0.29, 0.717) is 19.4 Å². The zero-order chi connectivity index (χ0) is 15.2. The number of nitrogens with one attached hydrogen (secondary N) is 2. The minimum absolute atomic E-state index is 0.0337. The molecule has 0 aromatic heterocycles. The lowest BCUT2D eigenvalue weighted by atomic mass is 10.0. The van der Waals surface area contributed by atoms with E-state index in [1.807, 2.05) is 18.2 Å². The Hall–Kier alpha value is -2.37. The zero-order valence-corrected chi connectivity index (χ0v) is 11.9. The second-order valence-corrected chi connectivity index (χ2v) is 4.89. The van der Waals surface area contributed by atoms with Gasteiger partial charge in [-0.05, 0) is 23.6 Å². The number of carbonyl (C=O) groups excluding carboxylic acids is 3. The van der Waals surface area contributed by atoms with Gasteiger partial charge in [-0.2, -0.15) is 0 Å². The van der Waals surface area contributed by atoms with Crippen LogP contribution in [0.25, 0.3) is 0 Å². The number of anilines is 1. The van der Waals surface area contributed by atoms with E-state index < -0.39 is 5.97 Å². The van der Waals surface area contributed by atoms with Gasteiger partial charge in [0.05, 0.1) is 13.5 Å². The molecule has 0 saturated heterocycles. The highest BCUT2D eigenvalue weighted by atomic mass is 16.5. The van der Waals surface area contributed by atoms with Gasteiger partial charge in [0, 0.05) is 25.1 Å². The number of aryl methyl sites for hydroxylation is 1. The maximum atomic E-state index is 11.6. The van der Waals surface area contributed by atoms with Gasteiger partial charge >= 0.3 is 5.97 Å². The molecule has 0 aliphatic carbocycles. The number of ether oxygens (including phenoxy) is 1. The number of benzene rings is 1.